The fourth-order valence-corrected chi connectivity index (χ4v) is 3.12. The highest BCUT2D eigenvalue weighted by atomic mass is 19.2. The number of halogens is 2. The van der Waals surface area contributed by atoms with Crippen molar-refractivity contribution >= 4 is 27.8 Å². The maximum atomic E-state index is 14.6. The Balaban J connectivity index is 2.40. The summed E-state index contributed by atoms with van der Waals surface area (Å²) in [6, 6.07) is -0.200. The summed E-state index contributed by atoms with van der Waals surface area (Å²) < 4.78 is 31.4. The van der Waals surface area contributed by atoms with E-state index >= 15 is 0 Å². The number of carboxylic acids is 1. The average Bonchev–Trinajstić information content (AvgIpc) is 3.30. The molecule has 0 aliphatic heterocycles. The Morgan fingerprint density at radius 1 is 1.21 bits per heavy atom. The number of pyridine rings is 1. The lowest BCUT2D eigenvalue weighted by atomic mass is 10.1. The van der Waals surface area contributed by atoms with E-state index in [1.54, 1.807) is 0 Å². The predicted octanol–water partition coefficient (Wildman–Crippen LogP) is 1.49. The van der Waals surface area contributed by atoms with E-state index in [9.17, 15) is 28.3 Å². The highest BCUT2D eigenvalue weighted by Crippen LogP contribution is 2.39. The number of rotatable bonds is 2. The first kappa shape index (κ1) is 14.6. The Labute approximate surface area is 131 Å². The third-order valence-electron chi connectivity index (χ3n) is 4.33. The zero-order valence-electron chi connectivity index (χ0n) is 12.4. The molecule has 2 aromatic heterocycles. The van der Waals surface area contributed by atoms with E-state index in [1.165, 1.54) is 11.6 Å². The van der Waals surface area contributed by atoms with Gasteiger partial charge in [-0.25, -0.2) is 13.6 Å². The lowest BCUT2D eigenvalue weighted by Crippen LogP contribution is -2.20. The summed E-state index contributed by atoms with van der Waals surface area (Å²) in [4.78, 5) is 35.8. The van der Waals surface area contributed by atoms with Gasteiger partial charge < -0.3 is 9.67 Å². The number of H-pyrrole nitrogens is 1. The zero-order chi connectivity index (χ0) is 17.3. The van der Waals surface area contributed by atoms with Gasteiger partial charge in [-0.05, 0) is 12.8 Å². The van der Waals surface area contributed by atoms with Crippen LogP contribution in [0.15, 0.2) is 15.8 Å². The molecule has 2 N–H and O–H groups in total. The van der Waals surface area contributed by atoms with Crippen LogP contribution in [0.5, 0.6) is 0 Å². The lowest BCUT2D eigenvalue weighted by molar-refractivity contribution is 0.0695. The van der Waals surface area contributed by atoms with E-state index in [1.807, 2.05) is 0 Å². The molecule has 1 aromatic carbocycles. The molecule has 2 heterocycles. The molecule has 0 atom stereocenters. The Morgan fingerprint density at radius 3 is 2.46 bits per heavy atom. The standard InChI is InChI=1S/C15H11F2N3O4/c1-19-11-7(14(22)18-19)9(16)10(17)12-8(11)13(21)6(15(23)24)4-20(12)5-2-3-5/h4-5H,2-3H2,1H3,(H,18,22)(H,23,24). The van der Waals surface area contributed by atoms with Gasteiger partial charge in [0.15, 0.2) is 11.6 Å². The molecular weight excluding hydrogens is 324 g/mol. The molecule has 1 saturated carbocycles. The number of hydrogen-bond donors (Lipinski definition) is 2. The van der Waals surface area contributed by atoms with Crippen molar-refractivity contribution in [2.45, 2.75) is 18.9 Å². The number of aryl methyl sites for hydroxylation is 1. The van der Waals surface area contributed by atoms with Crippen molar-refractivity contribution in [1.82, 2.24) is 14.3 Å². The lowest BCUT2D eigenvalue weighted by Gasteiger charge is -2.13. The van der Waals surface area contributed by atoms with Gasteiger partial charge in [0.25, 0.3) is 5.56 Å². The van der Waals surface area contributed by atoms with Crippen LogP contribution in [-0.2, 0) is 7.05 Å². The Hall–Kier alpha value is -2.97. The number of hydrogen-bond acceptors (Lipinski definition) is 3. The minimum absolute atomic E-state index is 0.142. The van der Waals surface area contributed by atoms with Gasteiger partial charge in [-0.1, -0.05) is 0 Å². The second kappa shape index (κ2) is 4.53. The van der Waals surface area contributed by atoms with Gasteiger partial charge in [0.2, 0.25) is 5.43 Å². The number of carboxylic acid groups (broad SMARTS) is 1. The molecule has 7 nitrogen and oxygen atoms in total. The van der Waals surface area contributed by atoms with Crippen LogP contribution in [-0.4, -0.2) is 25.4 Å². The number of benzene rings is 1. The van der Waals surface area contributed by atoms with Crippen LogP contribution < -0.4 is 11.0 Å². The summed E-state index contributed by atoms with van der Waals surface area (Å²) in [6.07, 6.45) is 2.38. The summed E-state index contributed by atoms with van der Waals surface area (Å²) in [5.74, 6) is -4.14. The normalized spacial score (nSPS) is 14.6. The molecule has 124 valence electrons. The number of carbonyl (C=O) groups is 1. The highest BCUT2D eigenvalue weighted by molar-refractivity contribution is 6.06. The van der Waals surface area contributed by atoms with Crippen LogP contribution in [0.2, 0.25) is 0 Å². The second-order valence-corrected chi connectivity index (χ2v) is 5.89. The van der Waals surface area contributed by atoms with Crippen molar-refractivity contribution in [3.63, 3.8) is 0 Å². The van der Waals surface area contributed by atoms with Crippen molar-refractivity contribution in [3.05, 3.63) is 44.0 Å². The van der Waals surface area contributed by atoms with Crippen LogP contribution in [0.25, 0.3) is 21.8 Å². The highest BCUT2D eigenvalue weighted by Gasteiger charge is 2.31. The van der Waals surface area contributed by atoms with E-state index in [4.69, 9.17) is 0 Å². The summed E-state index contributed by atoms with van der Waals surface area (Å²) in [6.45, 7) is 0. The topological polar surface area (TPSA) is 97.1 Å². The van der Waals surface area contributed by atoms with E-state index in [-0.39, 0.29) is 22.5 Å². The Kier molecular flexibility index (Phi) is 2.76. The fourth-order valence-electron chi connectivity index (χ4n) is 3.12. The number of nitrogens with one attached hydrogen (secondary N) is 1. The molecule has 0 radical (unpaired) electrons. The van der Waals surface area contributed by atoms with Crippen molar-refractivity contribution in [2.75, 3.05) is 0 Å². The second-order valence-electron chi connectivity index (χ2n) is 5.89. The van der Waals surface area contributed by atoms with Gasteiger partial charge in [0, 0.05) is 19.3 Å². The molecule has 0 amide bonds. The summed E-state index contributed by atoms with van der Waals surface area (Å²) in [5.41, 5.74) is -2.84. The summed E-state index contributed by atoms with van der Waals surface area (Å²) in [5, 5.41) is 10.6. The quantitative estimate of drug-likeness (QED) is 0.741. The molecule has 0 bridgehead atoms. The van der Waals surface area contributed by atoms with Crippen molar-refractivity contribution < 1.29 is 18.7 Å². The number of aromatic nitrogens is 3. The number of nitrogens with zero attached hydrogens (tertiary/aromatic N) is 2. The maximum absolute atomic E-state index is 14.6. The zero-order valence-corrected chi connectivity index (χ0v) is 12.4. The van der Waals surface area contributed by atoms with Gasteiger partial charge in [-0.3, -0.25) is 19.4 Å². The van der Waals surface area contributed by atoms with Crippen molar-refractivity contribution in [1.29, 1.82) is 0 Å². The van der Waals surface area contributed by atoms with Crippen LogP contribution in [0, 0.1) is 11.6 Å². The number of aromatic amines is 1. The van der Waals surface area contributed by atoms with Gasteiger partial charge >= 0.3 is 5.97 Å². The summed E-state index contributed by atoms with van der Waals surface area (Å²) >= 11 is 0. The maximum Gasteiger partial charge on any atom is 0.341 e. The van der Waals surface area contributed by atoms with E-state index in [0.29, 0.717) is 12.8 Å². The summed E-state index contributed by atoms with van der Waals surface area (Å²) in [7, 11) is 1.37. The molecule has 1 fully saturated rings. The number of aromatic carboxylic acids is 1. The van der Waals surface area contributed by atoms with Gasteiger partial charge in [0.05, 0.1) is 16.4 Å². The minimum atomic E-state index is -1.46. The predicted molar refractivity (Wildman–Crippen MR) is 80.5 cm³/mol. The molecular formula is C15H11F2N3O4. The first-order valence-electron chi connectivity index (χ1n) is 7.20. The SMILES string of the molecule is Cn1[nH]c(=O)c2c(F)c(F)c3c(c(=O)c(C(=O)O)cn3C3CC3)c21. The Bertz CT molecular complexity index is 1170. The average molecular weight is 335 g/mol. The monoisotopic (exact) mass is 335 g/mol. The molecule has 1 aliphatic rings. The van der Waals surface area contributed by atoms with Crippen LogP contribution in [0.1, 0.15) is 29.2 Å². The van der Waals surface area contributed by atoms with Crippen LogP contribution in [0.3, 0.4) is 0 Å². The van der Waals surface area contributed by atoms with Gasteiger partial charge in [-0.2, -0.15) is 0 Å². The smallest absolute Gasteiger partial charge is 0.341 e. The first-order valence-corrected chi connectivity index (χ1v) is 7.20. The van der Waals surface area contributed by atoms with Gasteiger partial charge in [-0.15, -0.1) is 0 Å². The van der Waals surface area contributed by atoms with Crippen molar-refractivity contribution in [2.24, 2.45) is 7.05 Å². The van der Waals surface area contributed by atoms with E-state index in [0.717, 1.165) is 10.9 Å². The molecule has 3 aromatic rings. The number of fused-ring (bicyclic) bond motifs is 3. The molecule has 0 spiro atoms. The Morgan fingerprint density at radius 2 is 1.88 bits per heavy atom. The van der Waals surface area contributed by atoms with Gasteiger partial charge in [0.1, 0.15) is 10.9 Å². The van der Waals surface area contributed by atoms with E-state index < -0.39 is 39.5 Å². The molecule has 1 aliphatic carbocycles. The molecule has 24 heavy (non-hydrogen) atoms. The fraction of sp³-hybridized carbons (Fsp3) is 0.267. The van der Waals surface area contributed by atoms with E-state index in [2.05, 4.69) is 5.10 Å². The largest absolute Gasteiger partial charge is 0.477 e. The molecule has 0 unspecified atom stereocenters. The third kappa shape index (κ3) is 1.72. The molecule has 0 saturated heterocycles. The van der Waals surface area contributed by atoms with Crippen molar-refractivity contribution in [3.8, 4) is 0 Å². The minimum Gasteiger partial charge on any atom is -0.477 e. The van der Waals surface area contributed by atoms with Crippen LogP contribution in [0.4, 0.5) is 8.78 Å². The van der Waals surface area contributed by atoms with Crippen LogP contribution >= 0.6 is 0 Å². The molecule has 9 heteroatoms. The first-order chi connectivity index (χ1) is 11.3. The molecule has 4 rings (SSSR count). The third-order valence-corrected chi connectivity index (χ3v) is 4.33.